The van der Waals surface area contributed by atoms with Crippen LogP contribution >= 0.6 is 11.3 Å². The van der Waals surface area contributed by atoms with Gasteiger partial charge in [-0.25, -0.2) is 0 Å². The van der Waals surface area contributed by atoms with Crippen LogP contribution in [0.4, 0.5) is 5.00 Å². The molecule has 184 valence electrons. The van der Waals surface area contributed by atoms with Crippen LogP contribution in [0.2, 0.25) is 0 Å². The fourth-order valence-electron chi connectivity index (χ4n) is 4.65. The highest BCUT2D eigenvalue weighted by molar-refractivity contribution is 7.17. The molecule has 1 aliphatic carbocycles. The number of carbonyl (C=O) groups is 2. The van der Waals surface area contributed by atoms with Gasteiger partial charge in [0, 0.05) is 17.5 Å². The van der Waals surface area contributed by atoms with Crippen LogP contribution in [-0.2, 0) is 25.7 Å². The molecule has 0 bridgehead atoms. The quantitative estimate of drug-likeness (QED) is 0.350. The third-order valence-electron chi connectivity index (χ3n) is 6.59. The second kappa shape index (κ2) is 10.5. The van der Waals surface area contributed by atoms with Crippen molar-refractivity contribution in [3.63, 3.8) is 0 Å². The first-order valence-corrected chi connectivity index (χ1v) is 13.2. The van der Waals surface area contributed by atoms with E-state index in [1.807, 2.05) is 43.3 Å². The number of aryl methyl sites for hydroxylation is 2. The highest BCUT2D eigenvalue weighted by Gasteiger charge is 2.27. The molecule has 0 saturated heterocycles. The highest BCUT2D eigenvalue weighted by atomic mass is 32.1. The van der Waals surface area contributed by atoms with Crippen LogP contribution in [0.1, 0.15) is 62.2 Å². The molecule has 4 aromatic rings. The van der Waals surface area contributed by atoms with Crippen LogP contribution < -0.4 is 16.1 Å². The molecule has 7 heteroatoms. The summed E-state index contributed by atoms with van der Waals surface area (Å²) in [5.41, 5.74) is 3.84. The minimum Gasteiger partial charge on any atom is -0.451 e. The molecular formula is C29H28N2O4S. The van der Waals surface area contributed by atoms with Crippen molar-refractivity contribution in [1.82, 2.24) is 5.32 Å². The van der Waals surface area contributed by atoms with E-state index in [1.165, 1.54) is 17.4 Å². The zero-order valence-electron chi connectivity index (χ0n) is 20.2. The normalized spacial score (nSPS) is 12.8. The van der Waals surface area contributed by atoms with E-state index in [0.717, 1.165) is 60.1 Å². The number of nitrogens with one attached hydrogen (secondary N) is 2. The molecular weight excluding hydrogens is 472 g/mol. The summed E-state index contributed by atoms with van der Waals surface area (Å²) in [5.74, 6) is -0.795. The summed E-state index contributed by atoms with van der Waals surface area (Å²) in [5, 5.41) is 6.86. The van der Waals surface area contributed by atoms with Crippen LogP contribution in [0, 0.1) is 0 Å². The lowest BCUT2D eigenvalue weighted by Crippen LogP contribution is -2.28. The minimum atomic E-state index is -0.537. The molecule has 0 aliphatic heterocycles. The molecule has 36 heavy (non-hydrogen) atoms. The Hall–Kier alpha value is -3.71. The molecule has 0 atom stereocenters. The van der Waals surface area contributed by atoms with Crippen LogP contribution in [-0.4, -0.2) is 18.4 Å². The number of anilines is 1. The highest BCUT2D eigenvalue weighted by Crippen LogP contribution is 2.38. The van der Waals surface area contributed by atoms with Crippen molar-refractivity contribution in [1.29, 1.82) is 0 Å². The lowest BCUT2D eigenvalue weighted by Gasteiger charge is -2.13. The second-order valence-electron chi connectivity index (χ2n) is 9.02. The van der Waals surface area contributed by atoms with E-state index >= 15 is 0 Å². The Morgan fingerprint density at radius 3 is 2.58 bits per heavy atom. The summed E-state index contributed by atoms with van der Waals surface area (Å²) in [6.45, 7) is 2.51. The van der Waals surface area contributed by atoms with Crippen molar-refractivity contribution in [2.24, 2.45) is 0 Å². The molecule has 0 saturated carbocycles. The molecule has 0 spiro atoms. The van der Waals surface area contributed by atoms with Gasteiger partial charge < -0.3 is 15.1 Å². The van der Waals surface area contributed by atoms with Crippen LogP contribution in [0.25, 0.3) is 11.0 Å². The molecule has 2 aromatic heterocycles. The van der Waals surface area contributed by atoms with Crippen molar-refractivity contribution in [2.45, 2.75) is 45.4 Å². The summed E-state index contributed by atoms with van der Waals surface area (Å²) in [6, 6.07) is 16.6. The number of hydrogen-bond acceptors (Lipinski definition) is 5. The molecule has 2 N–H and O–H groups in total. The maximum absolute atomic E-state index is 13.3. The van der Waals surface area contributed by atoms with Gasteiger partial charge in [-0.15, -0.1) is 11.3 Å². The van der Waals surface area contributed by atoms with Crippen molar-refractivity contribution < 1.29 is 14.0 Å². The van der Waals surface area contributed by atoms with E-state index in [9.17, 15) is 14.4 Å². The lowest BCUT2D eigenvalue weighted by molar-refractivity contribution is 0.0954. The first-order chi connectivity index (χ1) is 17.5. The fourth-order valence-corrected chi connectivity index (χ4v) is 5.93. The third kappa shape index (κ3) is 4.97. The Labute approximate surface area is 213 Å². The van der Waals surface area contributed by atoms with E-state index < -0.39 is 5.91 Å². The van der Waals surface area contributed by atoms with Crippen molar-refractivity contribution in [2.75, 3.05) is 11.9 Å². The Bertz CT molecular complexity index is 1490. The largest absolute Gasteiger partial charge is 0.451 e. The number of amides is 2. The fraction of sp³-hybridized carbons (Fsp3) is 0.276. The number of hydrogen-bond donors (Lipinski definition) is 2. The third-order valence-corrected chi connectivity index (χ3v) is 7.80. The summed E-state index contributed by atoms with van der Waals surface area (Å²) >= 11 is 1.44. The van der Waals surface area contributed by atoms with E-state index in [2.05, 4.69) is 10.6 Å². The van der Waals surface area contributed by atoms with E-state index in [4.69, 9.17) is 4.42 Å². The minimum absolute atomic E-state index is 0.0708. The van der Waals surface area contributed by atoms with Gasteiger partial charge >= 0.3 is 0 Å². The molecule has 0 radical (unpaired) electrons. The van der Waals surface area contributed by atoms with Crippen LogP contribution in [0.5, 0.6) is 0 Å². The number of carbonyl (C=O) groups excluding carboxylic acids is 2. The predicted molar refractivity (Wildman–Crippen MR) is 143 cm³/mol. The zero-order valence-corrected chi connectivity index (χ0v) is 21.0. The Balaban J connectivity index is 1.39. The lowest BCUT2D eigenvalue weighted by atomic mass is 9.95. The van der Waals surface area contributed by atoms with Crippen LogP contribution in [0.15, 0.2) is 63.8 Å². The standard InChI is InChI=1S/C29H28N2O4S/c1-2-18-12-13-23-21(16-18)22(32)17-24(35-23)27(33)31-29-26(20-10-6-7-11-25(20)36-29)28(34)30-15-14-19-8-4-3-5-9-19/h3-5,8-9,12-13,16-17H,2,6-7,10-11,14-15H2,1H3,(H,30,34)(H,31,33). The number of benzene rings is 2. The molecule has 2 amide bonds. The van der Waals surface area contributed by atoms with Gasteiger partial charge in [0.1, 0.15) is 10.6 Å². The molecule has 0 fully saturated rings. The van der Waals surface area contributed by atoms with E-state index in [-0.39, 0.29) is 17.1 Å². The van der Waals surface area contributed by atoms with Gasteiger partial charge in [0.2, 0.25) is 0 Å². The predicted octanol–water partition coefficient (Wildman–Crippen LogP) is 5.52. The van der Waals surface area contributed by atoms with E-state index in [1.54, 1.807) is 12.1 Å². The molecule has 2 heterocycles. The first-order valence-electron chi connectivity index (χ1n) is 12.4. The van der Waals surface area contributed by atoms with Gasteiger partial charge in [-0.2, -0.15) is 0 Å². The molecule has 0 unspecified atom stereocenters. The molecule has 2 aromatic carbocycles. The maximum atomic E-state index is 13.3. The number of fused-ring (bicyclic) bond motifs is 2. The summed E-state index contributed by atoms with van der Waals surface area (Å²) in [4.78, 5) is 40.2. The van der Waals surface area contributed by atoms with Gasteiger partial charge in [-0.3, -0.25) is 14.4 Å². The monoisotopic (exact) mass is 500 g/mol. The first kappa shape index (κ1) is 24.0. The van der Waals surface area contributed by atoms with Gasteiger partial charge in [0.25, 0.3) is 11.8 Å². The average molecular weight is 501 g/mol. The SMILES string of the molecule is CCc1ccc2oc(C(=O)Nc3sc4c(c3C(=O)NCCc3ccccc3)CCCC4)cc(=O)c2c1. The van der Waals surface area contributed by atoms with Crippen molar-refractivity contribution in [3.8, 4) is 0 Å². The van der Waals surface area contributed by atoms with Gasteiger partial charge in [-0.05, 0) is 67.3 Å². The van der Waals surface area contributed by atoms with Crippen molar-refractivity contribution >= 4 is 39.1 Å². The Kier molecular flexibility index (Phi) is 7.00. The topological polar surface area (TPSA) is 88.4 Å². The Morgan fingerprint density at radius 2 is 1.78 bits per heavy atom. The van der Waals surface area contributed by atoms with Crippen LogP contribution in [0.3, 0.4) is 0 Å². The molecule has 6 nitrogen and oxygen atoms in total. The van der Waals surface area contributed by atoms with Crippen molar-refractivity contribution in [3.05, 3.63) is 97.7 Å². The molecule has 1 aliphatic rings. The van der Waals surface area contributed by atoms with E-state index in [0.29, 0.717) is 28.1 Å². The zero-order chi connectivity index (χ0) is 25.1. The number of thiophene rings is 1. The van der Waals surface area contributed by atoms with Gasteiger partial charge in [0.05, 0.1) is 10.9 Å². The number of rotatable bonds is 7. The average Bonchev–Trinajstić information content (AvgIpc) is 3.26. The maximum Gasteiger partial charge on any atom is 0.292 e. The smallest absolute Gasteiger partial charge is 0.292 e. The van der Waals surface area contributed by atoms with Gasteiger partial charge in [0.15, 0.2) is 11.2 Å². The second-order valence-corrected chi connectivity index (χ2v) is 10.1. The summed E-state index contributed by atoms with van der Waals surface area (Å²) in [7, 11) is 0. The summed E-state index contributed by atoms with van der Waals surface area (Å²) in [6.07, 6.45) is 5.31. The Morgan fingerprint density at radius 1 is 0.972 bits per heavy atom. The van der Waals surface area contributed by atoms with Gasteiger partial charge in [-0.1, -0.05) is 43.3 Å². The molecule has 5 rings (SSSR count). The summed E-state index contributed by atoms with van der Waals surface area (Å²) < 4.78 is 5.78.